The van der Waals surface area contributed by atoms with E-state index in [-0.39, 0.29) is 12.1 Å². The number of aryl methyl sites for hydroxylation is 1. The molecule has 136 valence electrons. The molecule has 2 aromatic carbocycles. The van der Waals surface area contributed by atoms with Crippen molar-refractivity contribution in [2.45, 2.75) is 19.4 Å². The summed E-state index contributed by atoms with van der Waals surface area (Å²) in [4.78, 5) is 27.1. The van der Waals surface area contributed by atoms with Crippen LogP contribution in [0.5, 0.6) is 0 Å². The number of carbonyl (C=O) groups is 2. The number of nitrogens with one attached hydrogen (secondary N) is 2. The van der Waals surface area contributed by atoms with E-state index in [0.717, 1.165) is 22.2 Å². The Morgan fingerprint density at radius 3 is 2.67 bits per heavy atom. The lowest BCUT2D eigenvalue weighted by Gasteiger charge is -2.17. The zero-order chi connectivity index (χ0) is 19.0. The van der Waals surface area contributed by atoms with Crippen LogP contribution in [0, 0.1) is 6.92 Å². The molecule has 2 heterocycles. The molecule has 1 amide bonds. The van der Waals surface area contributed by atoms with Crippen molar-refractivity contribution in [3.8, 4) is 0 Å². The lowest BCUT2D eigenvalue weighted by molar-refractivity contribution is -0.137. The van der Waals surface area contributed by atoms with E-state index in [1.807, 2.05) is 55.5 Å². The molecule has 0 aliphatic carbocycles. The van der Waals surface area contributed by atoms with Crippen molar-refractivity contribution >= 4 is 28.6 Å². The van der Waals surface area contributed by atoms with Crippen LogP contribution >= 0.6 is 0 Å². The molecule has 3 N–H and O–H groups in total. The normalized spacial score (nSPS) is 12.3. The molecule has 27 heavy (non-hydrogen) atoms. The number of rotatable bonds is 5. The third-order valence-corrected chi connectivity index (χ3v) is 4.50. The highest BCUT2D eigenvalue weighted by Gasteiger charge is 2.21. The Hall–Kier alpha value is -3.61. The number of amides is 1. The number of carbonyl (C=O) groups excluding carboxylic acids is 1. The number of carboxylic acids is 1. The van der Waals surface area contributed by atoms with Crippen molar-refractivity contribution in [2.75, 3.05) is 0 Å². The lowest BCUT2D eigenvalue weighted by atomic mass is 10.0. The van der Waals surface area contributed by atoms with Gasteiger partial charge in [-0.2, -0.15) is 5.10 Å². The molecule has 0 unspecified atom stereocenters. The number of para-hydroxylation sites is 2. The number of aromatic nitrogens is 3. The molecular formula is C20H18N4O3. The zero-order valence-electron chi connectivity index (χ0n) is 14.6. The van der Waals surface area contributed by atoms with Crippen molar-refractivity contribution in [1.82, 2.24) is 19.9 Å². The first-order valence-electron chi connectivity index (χ1n) is 8.57. The maximum atomic E-state index is 12.7. The van der Waals surface area contributed by atoms with E-state index in [4.69, 9.17) is 0 Å². The number of H-pyrrole nitrogens is 1. The third kappa shape index (κ3) is 3.27. The summed E-state index contributed by atoms with van der Waals surface area (Å²) < 4.78 is 1.67. The minimum atomic E-state index is -0.983. The number of fused-ring (bicyclic) bond motifs is 3. The summed E-state index contributed by atoms with van der Waals surface area (Å²) in [7, 11) is 0. The number of aromatic amines is 1. The van der Waals surface area contributed by atoms with E-state index in [2.05, 4.69) is 15.4 Å². The Kier molecular flexibility index (Phi) is 4.12. The highest BCUT2D eigenvalue weighted by molar-refractivity contribution is 5.95. The number of aliphatic carboxylic acids is 1. The maximum Gasteiger partial charge on any atom is 0.305 e. The van der Waals surface area contributed by atoms with Crippen LogP contribution in [0.2, 0.25) is 0 Å². The second-order valence-corrected chi connectivity index (χ2v) is 6.50. The Balaban J connectivity index is 1.62. The molecule has 0 fully saturated rings. The Morgan fingerprint density at radius 1 is 1.19 bits per heavy atom. The Morgan fingerprint density at radius 2 is 1.93 bits per heavy atom. The summed E-state index contributed by atoms with van der Waals surface area (Å²) in [6.07, 6.45) is -0.205. The van der Waals surface area contributed by atoms with E-state index in [1.165, 1.54) is 0 Å². The fourth-order valence-electron chi connectivity index (χ4n) is 3.12. The van der Waals surface area contributed by atoms with Gasteiger partial charge in [-0.05, 0) is 24.6 Å². The van der Waals surface area contributed by atoms with Crippen LogP contribution in [0.1, 0.15) is 34.1 Å². The summed E-state index contributed by atoms with van der Waals surface area (Å²) in [5.41, 5.74) is 4.53. The molecule has 0 saturated carbocycles. The smallest absolute Gasteiger partial charge is 0.305 e. The quantitative estimate of drug-likeness (QED) is 0.508. The van der Waals surface area contributed by atoms with Crippen LogP contribution in [0.3, 0.4) is 0 Å². The standard InChI is InChI=1S/C20H18N4O3/c1-12-6-8-13(9-7-12)15(11-19(25)26)22-20(27)16-10-18-21-14-4-2-3-5-17(14)24(18)23-16/h2-10,15,21H,11H2,1H3,(H,22,27)(H,25,26)/t15-/m1/s1. The number of nitrogens with zero attached hydrogens (tertiary/aromatic N) is 2. The monoisotopic (exact) mass is 362 g/mol. The fraction of sp³-hybridized carbons (Fsp3) is 0.150. The molecule has 7 heteroatoms. The molecule has 1 atom stereocenters. The van der Waals surface area contributed by atoms with Gasteiger partial charge in [0, 0.05) is 6.07 Å². The first-order chi connectivity index (χ1) is 13.0. The van der Waals surface area contributed by atoms with Gasteiger partial charge in [0.1, 0.15) is 5.65 Å². The van der Waals surface area contributed by atoms with Crippen LogP contribution in [0.4, 0.5) is 0 Å². The van der Waals surface area contributed by atoms with Gasteiger partial charge in [0.25, 0.3) is 5.91 Å². The van der Waals surface area contributed by atoms with Crippen LogP contribution in [0.25, 0.3) is 16.7 Å². The molecule has 0 radical (unpaired) electrons. The SMILES string of the molecule is Cc1ccc([C@@H](CC(=O)O)NC(=O)c2cc3[nH]c4ccccc4n3n2)cc1. The van der Waals surface area contributed by atoms with Gasteiger partial charge in [-0.15, -0.1) is 0 Å². The van der Waals surface area contributed by atoms with Gasteiger partial charge in [0.15, 0.2) is 5.69 Å². The molecule has 0 aliphatic rings. The molecule has 7 nitrogen and oxygen atoms in total. The molecule has 0 saturated heterocycles. The first kappa shape index (κ1) is 16.8. The molecule has 4 rings (SSSR count). The number of carboxylic acid groups (broad SMARTS) is 1. The van der Waals surface area contributed by atoms with Crippen LogP contribution in [-0.4, -0.2) is 31.6 Å². The summed E-state index contributed by atoms with van der Waals surface area (Å²) in [6.45, 7) is 1.95. The molecule has 4 aromatic rings. The highest BCUT2D eigenvalue weighted by Crippen LogP contribution is 2.20. The van der Waals surface area contributed by atoms with Gasteiger partial charge in [0.2, 0.25) is 0 Å². The lowest BCUT2D eigenvalue weighted by Crippen LogP contribution is -2.30. The molecule has 2 aromatic heterocycles. The topological polar surface area (TPSA) is 99.5 Å². The third-order valence-electron chi connectivity index (χ3n) is 4.50. The average Bonchev–Trinajstić information content (AvgIpc) is 3.19. The fourth-order valence-corrected chi connectivity index (χ4v) is 3.12. The summed E-state index contributed by atoms with van der Waals surface area (Å²) in [5, 5.41) is 16.4. The van der Waals surface area contributed by atoms with Crippen molar-refractivity contribution in [2.24, 2.45) is 0 Å². The van der Waals surface area contributed by atoms with E-state index in [9.17, 15) is 14.7 Å². The summed E-state index contributed by atoms with van der Waals surface area (Å²) in [6, 6.07) is 16.1. The van der Waals surface area contributed by atoms with Crippen molar-refractivity contribution in [3.63, 3.8) is 0 Å². The second-order valence-electron chi connectivity index (χ2n) is 6.50. The highest BCUT2D eigenvalue weighted by atomic mass is 16.4. The predicted octanol–water partition coefficient (Wildman–Crippen LogP) is 3.07. The van der Waals surface area contributed by atoms with Crippen molar-refractivity contribution < 1.29 is 14.7 Å². The number of imidazole rings is 1. The molecule has 0 spiro atoms. The van der Waals surface area contributed by atoms with Gasteiger partial charge in [0.05, 0.1) is 23.5 Å². The van der Waals surface area contributed by atoms with Gasteiger partial charge >= 0.3 is 5.97 Å². The molecule has 0 aliphatic heterocycles. The Labute approximate surface area is 154 Å². The summed E-state index contributed by atoms with van der Waals surface area (Å²) >= 11 is 0. The first-order valence-corrected chi connectivity index (χ1v) is 8.57. The minimum absolute atomic E-state index is 0.205. The van der Waals surface area contributed by atoms with Crippen molar-refractivity contribution in [3.05, 3.63) is 71.4 Å². The molecule has 0 bridgehead atoms. The van der Waals surface area contributed by atoms with Gasteiger partial charge in [-0.25, -0.2) is 4.52 Å². The largest absolute Gasteiger partial charge is 0.481 e. The van der Waals surface area contributed by atoms with Gasteiger partial charge < -0.3 is 15.4 Å². The van der Waals surface area contributed by atoms with Crippen molar-refractivity contribution in [1.29, 1.82) is 0 Å². The number of hydrogen-bond donors (Lipinski definition) is 3. The predicted molar refractivity (Wildman–Crippen MR) is 101 cm³/mol. The van der Waals surface area contributed by atoms with E-state index in [1.54, 1.807) is 10.6 Å². The molecular weight excluding hydrogens is 344 g/mol. The van der Waals surface area contributed by atoms with E-state index >= 15 is 0 Å². The van der Waals surface area contributed by atoms with Gasteiger partial charge in [-0.3, -0.25) is 9.59 Å². The minimum Gasteiger partial charge on any atom is -0.481 e. The van der Waals surface area contributed by atoms with Gasteiger partial charge in [-0.1, -0.05) is 42.0 Å². The van der Waals surface area contributed by atoms with E-state index in [0.29, 0.717) is 5.65 Å². The zero-order valence-corrected chi connectivity index (χ0v) is 14.6. The number of benzene rings is 2. The second kappa shape index (κ2) is 6.60. The van der Waals surface area contributed by atoms with E-state index < -0.39 is 17.9 Å². The maximum absolute atomic E-state index is 12.7. The number of hydrogen-bond acceptors (Lipinski definition) is 3. The Bertz CT molecular complexity index is 1140. The van der Waals surface area contributed by atoms with Crippen LogP contribution in [-0.2, 0) is 4.79 Å². The van der Waals surface area contributed by atoms with Crippen LogP contribution in [0.15, 0.2) is 54.6 Å². The average molecular weight is 362 g/mol. The summed E-state index contributed by atoms with van der Waals surface area (Å²) in [5.74, 6) is -1.40. The van der Waals surface area contributed by atoms with Crippen LogP contribution < -0.4 is 5.32 Å².